The van der Waals surface area contributed by atoms with E-state index in [1.807, 2.05) is 6.07 Å². The molecule has 6 nitrogen and oxygen atoms in total. The summed E-state index contributed by atoms with van der Waals surface area (Å²) in [4.78, 5) is 17.9. The number of hydrogen-bond donors (Lipinski definition) is 0. The molecule has 0 bridgehead atoms. The van der Waals surface area contributed by atoms with Crippen molar-refractivity contribution in [1.29, 1.82) is 5.26 Å². The summed E-state index contributed by atoms with van der Waals surface area (Å²) in [5, 5.41) is 8.84. The van der Waals surface area contributed by atoms with Gasteiger partial charge in [0.2, 0.25) is 5.88 Å². The third-order valence-electron chi connectivity index (χ3n) is 4.13. The molecule has 3 rings (SSSR count). The lowest BCUT2D eigenvalue weighted by Crippen LogP contribution is -2.40. The molecule has 1 amide bonds. The van der Waals surface area contributed by atoms with Crippen molar-refractivity contribution in [2.24, 2.45) is 0 Å². The highest BCUT2D eigenvalue weighted by Crippen LogP contribution is 2.29. The van der Waals surface area contributed by atoms with Crippen LogP contribution in [0.5, 0.6) is 5.88 Å². The summed E-state index contributed by atoms with van der Waals surface area (Å²) in [5.41, 5.74) is 0.00669. The van der Waals surface area contributed by atoms with Crippen LogP contribution in [0.3, 0.4) is 0 Å². The van der Waals surface area contributed by atoms with Crippen LogP contribution in [0.1, 0.15) is 21.5 Å². The first-order valence-corrected chi connectivity index (χ1v) is 8.44. The molecule has 1 unspecified atom stereocenters. The number of nitrogens with zero attached hydrogens (tertiary/aromatic N) is 3. The van der Waals surface area contributed by atoms with Crippen molar-refractivity contribution in [3.05, 3.63) is 59.3 Å². The number of carbonyl (C=O) groups excluding carboxylic acids is 1. The summed E-state index contributed by atoms with van der Waals surface area (Å²) in [5.74, 6) is -0.224. The maximum Gasteiger partial charge on any atom is 0.417 e. The van der Waals surface area contributed by atoms with Crippen molar-refractivity contribution >= 4 is 5.91 Å². The van der Waals surface area contributed by atoms with Gasteiger partial charge in [-0.05, 0) is 30.3 Å². The largest absolute Gasteiger partial charge is 0.470 e. The molecule has 1 aliphatic rings. The molecule has 1 atom stereocenters. The predicted octanol–water partition coefficient (Wildman–Crippen LogP) is 2.89. The summed E-state index contributed by atoms with van der Waals surface area (Å²) < 4.78 is 48.9. The van der Waals surface area contributed by atoms with E-state index in [-0.39, 0.29) is 24.9 Å². The molecule has 1 saturated heterocycles. The molecule has 9 heteroatoms. The first-order valence-electron chi connectivity index (χ1n) is 8.44. The summed E-state index contributed by atoms with van der Waals surface area (Å²) in [6.07, 6.45) is -4.34. The van der Waals surface area contributed by atoms with Crippen LogP contribution in [-0.2, 0) is 10.9 Å². The Kier molecular flexibility index (Phi) is 5.80. The first kappa shape index (κ1) is 19.6. The minimum atomic E-state index is -4.47. The van der Waals surface area contributed by atoms with Crippen molar-refractivity contribution in [3.8, 4) is 11.9 Å². The van der Waals surface area contributed by atoms with Gasteiger partial charge in [0.15, 0.2) is 0 Å². The SMILES string of the molecule is N#Cc1ccc(C(=O)N2CCOCC(Oc3ccc(C(F)(F)F)cn3)C2)cc1. The highest BCUT2D eigenvalue weighted by Gasteiger charge is 2.31. The van der Waals surface area contributed by atoms with E-state index >= 15 is 0 Å². The molecule has 1 fully saturated rings. The Balaban J connectivity index is 1.67. The molecule has 1 aliphatic heterocycles. The second-order valence-corrected chi connectivity index (χ2v) is 6.14. The first-order chi connectivity index (χ1) is 13.4. The fourth-order valence-corrected chi connectivity index (χ4v) is 2.69. The van der Waals surface area contributed by atoms with Crippen molar-refractivity contribution < 1.29 is 27.4 Å². The Morgan fingerprint density at radius 1 is 1.25 bits per heavy atom. The van der Waals surface area contributed by atoms with E-state index in [0.717, 1.165) is 12.1 Å². The lowest BCUT2D eigenvalue weighted by Gasteiger charge is -2.24. The molecular formula is C19H16F3N3O3. The van der Waals surface area contributed by atoms with Gasteiger partial charge < -0.3 is 14.4 Å². The number of halogens is 3. The molecule has 28 heavy (non-hydrogen) atoms. The highest BCUT2D eigenvalue weighted by atomic mass is 19.4. The van der Waals surface area contributed by atoms with Crippen molar-refractivity contribution in [2.75, 3.05) is 26.3 Å². The molecule has 0 saturated carbocycles. The van der Waals surface area contributed by atoms with Crippen LogP contribution in [0, 0.1) is 11.3 Å². The quantitative estimate of drug-likeness (QED) is 0.804. The third kappa shape index (κ3) is 4.78. The molecule has 146 valence electrons. The number of amides is 1. The van der Waals surface area contributed by atoms with Gasteiger partial charge in [0.1, 0.15) is 6.10 Å². The Hall–Kier alpha value is -3.12. The van der Waals surface area contributed by atoms with E-state index in [0.29, 0.717) is 30.5 Å². The van der Waals surface area contributed by atoms with Crippen LogP contribution >= 0.6 is 0 Å². The van der Waals surface area contributed by atoms with Gasteiger partial charge >= 0.3 is 6.18 Å². The molecular weight excluding hydrogens is 375 g/mol. The number of benzene rings is 1. The minimum Gasteiger partial charge on any atom is -0.470 e. The maximum atomic E-state index is 12.7. The van der Waals surface area contributed by atoms with Crippen LogP contribution in [0.25, 0.3) is 0 Å². The Morgan fingerprint density at radius 3 is 2.61 bits per heavy atom. The lowest BCUT2D eigenvalue weighted by atomic mass is 10.1. The van der Waals surface area contributed by atoms with E-state index in [9.17, 15) is 18.0 Å². The highest BCUT2D eigenvalue weighted by molar-refractivity contribution is 5.94. The van der Waals surface area contributed by atoms with Crippen LogP contribution in [0.4, 0.5) is 13.2 Å². The van der Waals surface area contributed by atoms with Gasteiger partial charge in [-0.25, -0.2) is 4.98 Å². The van der Waals surface area contributed by atoms with Gasteiger partial charge in [-0.2, -0.15) is 18.4 Å². The number of rotatable bonds is 3. The predicted molar refractivity (Wildman–Crippen MR) is 91.5 cm³/mol. The van der Waals surface area contributed by atoms with Gasteiger partial charge in [-0.15, -0.1) is 0 Å². The van der Waals surface area contributed by atoms with Crippen LogP contribution < -0.4 is 4.74 Å². The monoisotopic (exact) mass is 391 g/mol. The van der Waals surface area contributed by atoms with Crippen LogP contribution in [0.2, 0.25) is 0 Å². The molecule has 1 aromatic heterocycles. The molecule has 0 N–H and O–H groups in total. The lowest BCUT2D eigenvalue weighted by molar-refractivity contribution is -0.137. The Labute approximate surface area is 159 Å². The summed E-state index contributed by atoms with van der Waals surface area (Å²) in [6, 6.07) is 10.3. The molecule has 0 spiro atoms. The topological polar surface area (TPSA) is 75.5 Å². The van der Waals surface area contributed by atoms with Gasteiger partial charge in [-0.1, -0.05) is 0 Å². The van der Waals surface area contributed by atoms with Gasteiger partial charge in [0.25, 0.3) is 5.91 Å². The average Bonchev–Trinajstić information content (AvgIpc) is 2.93. The van der Waals surface area contributed by atoms with E-state index in [2.05, 4.69) is 4.98 Å². The van der Waals surface area contributed by atoms with E-state index in [4.69, 9.17) is 14.7 Å². The Morgan fingerprint density at radius 2 is 2.00 bits per heavy atom. The normalized spacial score (nSPS) is 17.5. The second-order valence-electron chi connectivity index (χ2n) is 6.14. The number of alkyl halides is 3. The minimum absolute atomic E-state index is 0.0225. The fraction of sp³-hybridized carbons (Fsp3) is 0.316. The molecule has 0 radical (unpaired) electrons. The number of aromatic nitrogens is 1. The summed E-state index contributed by atoms with van der Waals surface area (Å²) in [7, 11) is 0. The average molecular weight is 391 g/mol. The molecule has 1 aromatic carbocycles. The van der Waals surface area contributed by atoms with E-state index < -0.39 is 17.8 Å². The standard InChI is InChI=1S/C19H16F3N3O3/c20-19(21,22)15-5-6-17(24-10-15)28-16-11-25(7-8-27-12-16)18(26)14-3-1-13(9-23)2-4-14/h1-6,10,16H,7-8,11-12H2. The van der Waals surface area contributed by atoms with Crippen molar-refractivity contribution in [2.45, 2.75) is 12.3 Å². The number of carbonyl (C=O) groups is 1. The van der Waals surface area contributed by atoms with Crippen LogP contribution in [-0.4, -0.2) is 48.2 Å². The molecule has 2 heterocycles. The number of hydrogen-bond acceptors (Lipinski definition) is 5. The zero-order valence-corrected chi connectivity index (χ0v) is 14.6. The van der Waals surface area contributed by atoms with Gasteiger partial charge in [0, 0.05) is 24.4 Å². The summed E-state index contributed by atoms with van der Waals surface area (Å²) >= 11 is 0. The van der Waals surface area contributed by atoms with Gasteiger partial charge in [0.05, 0.1) is 37.0 Å². The number of pyridine rings is 1. The smallest absolute Gasteiger partial charge is 0.417 e. The number of ether oxygens (including phenoxy) is 2. The zero-order chi connectivity index (χ0) is 20.1. The fourth-order valence-electron chi connectivity index (χ4n) is 2.69. The van der Waals surface area contributed by atoms with E-state index in [1.54, 1.807) is 29.2 Å². The second kappa shape index (κ2) is 8.27. The van der Waals surface area contributed by atoms with Crippen LogP contribution in [0.15, 0.2) is 42.6 Å². The molecule has 0 aliphatic carbocycles. The van der Waals surface area contributed by atoms with Gasteiger partial charge in [-0.3, -0.25) is 4.79 Å². The third-order valence-corrected chi connectivity index (χ3v) is 4.13. The zero-order valence-electron chi connectivity index (χ0n) is 14.6. The van der Waals surface area contributed by atoms with Crippen molar-refractivity contribution in [3.63, 3.8) is 0 Å². The molecule has 2 aromatic rings. The maximum absolute atomic E-state index is 12.7. The number of nitriles is 1. The Bertz CT molecular complexity index is 861. The van der Waals surface area contributed by atoms with Crippen molar-refractivity contribution in [1.82, 2.24) is 9.88 Å². The van der Waals surface area contributed by atoms with E-state index in [1.165, 1.54) is 0 Å². The summed E-state index contributed by atoms with van der Waals surface area (Å²) in [6.45, 7) is 1.03.